The van der Waals surface area contributed by atoms with E-state index in [0.717, 1.165) is 0 Å². The maximum Gasteiger partial charge on any atom is 0.251 e. The molecular formula is C10H21NO3. The first-order chi connectivity index (χ1) is 6.49. The van der Waals surface area contributed by atoms with Crippen molar-refractivity contribution in [2.24, 2.45) is 0 Å². The Morgan fingerprint density at radius 1 is 1.36 bits per heavy atom. The molecule has 1 atom stereocenters. The average Bonchev–Trinajstić information content (AvgIpc) is 2.14. The van der Waals surface area contributed by atoms with E-state index in [4.69, 9.17) is 9.47 Å². The Balaban J connectivity index is 3.73. The lowest BCUT2D eigenvalue weighted by molar-refractivity contribution is -0.140. The summed E-state index contributed by atoms with van der Waals surface area (Å²) in [6, 6.07) is 0. The summed E-state index contributed by atoms with van der Waals surface area (Å²) in [5.74, 6) is -0.0140. The van der Waals surface area contributed by atoms with E-state index in [1.807, 2.05) is 13.8 Å². The van der Waals surface area contributed by atoms with Gasteiger partial charge in [-0.15, -0.1) is 0 Å². The molecule has 0 aliphatic rings. The Labute approximate surface area is 86.2 Å². The molecule has 0 heterocycles. The van der Waals surface area contributed by atoms with Crippen LogP contribution >= 0.6 is 0 Å². The molecule has 1 unspecified atom stereocenters. The van der Waals surface area contributed by atoms with Crippen molar-refractivity contribution in [1.82, 2.24) is 4.90 Å². The number of rotatable bonds is 6. The Hall–Kier alpha value is -0.610. The van der Waals surface area contributed by atoms with Crippen molar-refractivity contribution in [2.75, 3.05) is 27.3 Å². The maximum atomic E-state index is 11.5. The number of hydrogen-bond donors (Lipinski definition) is 0. The minimum Gasteiger partial charge on any atom is -0.377 e. The van der Waals surface area contributed by atoms with Crippen LogP contribution in [0.4, 0.5) is 0 Å². The lowest BCUT2D eigenvalue weighted by Gasteiger charge is -2.20. The van der Waals surface area contributed by atoms with Gasteiger partial charge in [0.1, 0.15) is 6.10 Å². The highest BCUT2D eigenvalue weighted by atomic mass is 16.5. The number of hydrogen-bond acceptors (Lipinski definition) is 3. The quantitative estimate of drug-likeness (QED) is 0.644. The molecular weight excluding hydrogens is 182 g/mol. The molecule has 1 amide bonds. The van der Waals surface area contributed by atoms with Crippen LogP contribution in [0.5, 0.6) is 0 Å². The van der Waals surface area contributed by atoms with E-state index in [2.05, 4.69) is 0 Å². The average molecular weight is 203 g/mol. The summed E-state index contributed by atoms with van der Waals surface area (Å²) in [5.41, 5.74) is 0. The fraction of sp³-hybridized carbons (Fsp3) is 0.900. The van der Waals surface area contributed by atoms with Gasteiger partial charge in [-0.1, -0.05) is 0 Å². The van der Waals surface area contributed by atoms with Crippen LogP contribution in [0.1, 0.15) is 20.8 Å². The predicted molar refractivity (Wildman–Crippen MR) is 55.2 cm³/mol. The molecule has 0 rings (SSSR count). The van der Waals surface area contributed by atoms with E-state index in [0.29, 0.717) is 13.2 Å². The fourth-order valence-corrected chi connectivity index (χ4v) is 0.947. The van der Waals surface area contributed by atoms with Crippen LogP contribution in [-0.2, 0) is 14.3 Å². The molecule has 0 aromatic rings. The highest BCUT2D eigenvalue weighted by Crippen LogP contribution is 1.96. The second kappa shape index (κ2) is 6.79. The van der Waals surface area contributed by atoms with Gasteiger partial charge in [0, 0.05) is 20.7 Å². The van der Waals surface area contributed by atoms with Gasteiger partial charge >= 0.3 is 0 Å². The first kappa shape index (κ1) is 13.4. The summed E-state index contributed by atoms with van der Waals surface area (Å²) in [4.78, 5) is 13.1. The van der Waals surface area contributed by atoms with Crippen molar-refractivity contribution < 1.29 is 14.3 Å². The lowest BCUT2D eigenvalue weighted by Crippen LogP contribution is -2.38. The van der Waals surface area contributed by atoms with E-state index < -0.39 is 0 Å². The smallest absolute Gasteiger partial charge is 0.251 e. The van der Waals surface area contributed by atoms with Gasteiger partial charge in [0.15, 0.2) is 0 Å². The predicted octanol–water partition coefficient (Wildman–Crippen LogP) is 0.905. The van der Waals surface area contributed by atoms with Gasteiger partial charge in [0.25, 0.3) is 5.91 Å². The van der Waals surface area contributed by atoms with Crippen molar-refractivity contribution in [2.45, 2.75) is 33.0 Å². The summed E-state index contributed by atoms with van der Waals surface area (Å²) in [6.45, 7) is 6.85. The fourth-order valence-electron chi connectivity index (χ4n) is 0.947. The van der Waals surface area contributed by atoms with Gasteiger partial charge in [0.05, 0.1) is 12.7 Å². The van der Waals surface area contributed by atoms with Crippen molar-refractivity contribution in [3.8, 4) is 0 Å². The Morgan fingerprint density at radius 2 is 1.93 bits per heavy atom. The molecule has 4 nitrogen and oxygen atoms in total. The molecule has 4 heteroatoms. The third-order valence-corrected chi connectivity index (χ3v) is 1.96. The Bertz CT molecular complexity index is 171. The van der Waals surface area contributed by atoms with Crippen molar-refractivity contribution in [1.29, 1.82) is 0 Å². The van der Waals surface area contributed by atoms with Gasteiger partial charge in [-0.3, -0.25) is 4.79 Å². The Morgan fingerprint density at radius 3 is 2.36 bits per heavy atom. The van der Waals surface area contributed by atoms with Crippen molar-refractivity contribution in [3.63, 3.8) is 0 Å². The minimum atomic E-state index is -0.376. The van der Waals surface area contributed by atoms with E-state index >= 15 is 0 Å². The number of carbonyl (C=O) groups is 1. The molecule has 84 valence electrons. The lowest BCUT2D eigenvalue weighted by atomic mass is 10.3. The molecule has 0 fully saturated rings. The largest absolute Gasteiger partial charge is 0.377 e. The molecule has 0 saturated heterocycles. The summed E-state index contributed by atoms with van der Waals surface area (Å²) in [6.07, 6.45) is -0.169. The molecule has 0 aromatic heterocycles. The minimum absolute atomic E-state index is 0.0140. The van der Waals surface area contributed by atoms with Gasteiger partial charge < -0.3 is 14.4 Å². The molecule has 0 aliphatic carbocycles. The first-order valence-corrected chi connectivity index (χ1v) is 4.88. The molecule has 14 heavy (non-hydrogen) atoms. The molecule has 0 N–H and O–H groups in total. The van der Waals surface area contributed by atoms with Crippen molar-refractivity contribution in [3.05, 3.63) is 0 Å². The van der Waals surface area contributed by atoms with Gasteiger partial charge in [-0.05, 0) is 20.8 Å². The molecule has 0 bridgehead atoms. The van der Waals surface area contributed by atoms with E-state index in [-0.39, 0.29) is 18.1 Å². The summed E-state index contributed by atoms with van der Waals surface area (Å²) in [5, 5.41) is 0. The zero-order chi connectivity index (χ0) is 11.1. The first-order valence-electron chi connectivity index (χ1n) is 4.88. The highest BCUT2D eigenvalue weighted by molar-refractivity contribution is 5.80. The number of ether oxygens (including phenoxy) is 2. The monoisotopic (exact) mass is 203 g/mol. The molecule has 0 aromatic carbocycles. The second-order valence-corrected chi connectivity index (χ2v) is 3.56. The number of carbonyl (C=O) groups excluding carboxylic acids is 1. The normalized spacial score (nSPS) is 13.0. The van der Waals surface area contributed by atoms with Crippen LogP contribution in [0, 0.1) is 0 Å². The van der Waals surface area contributed by atoms with Gasteiger partial charge in [0.2, 0.25) is 0 Å². The van der Waals surface area contributed by atoms with Gasteiger partial charge in [-0.2, -0.15) is 0 Å². The summed E-state index contributed by atoms with van der Waals surface area (Å²) >= 11 is 0. The number of methoxy groups -OCH3 is 1. The van der Waals surface area contributed by atoms with Crippen molar-refractivity contribution >= 4 is 5.91 Å². The highest BCUT2D eigenvalue weighted by Gasteiger charge is 2.16. The third-order valence-electron chi connectivity index (χ3n) is 1.96. The second-order valence-electron chi connectivity index (χ2n) is 3.56. The molecule has 0 aliphatic heterocycles. The molecule has 0 radical (unpaired) electrons. The van der Waals surface area contributed by atoms with E-state index in [1.165, 1.54) is 7.11 Å². The standard InChI is InChI=1S/C10H21NO3/c1-8(2)14-7-6-11(4)10(12)9(3)13-5/h8-9H,6-7H2,1-5H3. The maximum absolute atomic E-state index is 11.5. The number of likely N-dealkylation sites (N-methyl/N-ethyl adjacent to an activating group) is 1. The van der Waals surface area contributed by atoms with Crippen LogP contribution in [0.3, 0.4) is 0 Å². The third kappa shape index (κ3) is 5.19. The van der Waals surface area contributed by atoms with Crippen LogP contribution in [0.25, 0.3) is 0 Å². The zero-order valence-electron chi connectivity index (χ0n) is 9.74. The van der Waals surface area contributed by atoms with E-state index in [9.17, 15) is 4.79 Å². The Kier molecular flexibility index (Phi) is 6.49. The topological polar surface area (TPSA) is 38.8 Å². The summed E-state index contributed by atoms with van der Waals surface area (Å²) < 4.78 is 10.3. The van der Waals surface area contributed by atoms with E-state index in [1.54, 1.807) is 18.9 Å². The van der Waals surface area contributed by atoms with Crippen LogP contribution in [0.2, 0.25) is 0 Å². The molecule has 0 spiro atoms. The summed E-state index contributed by atoms with van der Waals surface area (Å²) in [7, 11) is 3.28. The van der Waals surface area contributed by atoms with Crippen LogP contribution < -0.4 is 0 Å². The van der Waals surface area contributed by atoms with Crippen LogP contribution in [-0.4, -0.2) is 50.3 Å². The van der Waals surface area contributed by atoms with Gasteiger partial charge in [-0.25, -0.2) is 0 Å². The SMILES string of the molecule is COC(C)C(=O)N(C)CCOC(C)C. The zero-order valence-corrected chi connectivity index (χ0v) is 9.74. The number of nitrogens with zero attached hydrogens (tertiary/aromatic N) is 1. The number of amides is 1. The molecule has 0 saturated carbocycles. The van der Waals surface area contributed by atoms with Crippen LogP contribution in [0.15, 0.2) is 0 Å².